The zero-order valence-corrected chi connectivity index (χ0v) is 15.0. The molecule has 2 N–H and O–H groups in total. The number of fused-ring (bicyclic) bond motifs is 3. The van der Waals surface area contributed by atoms with E-state index in [0.29, 0.717) is 24.9 Å². The maximum atomic E-state index is 12.2. The second-order valence-corrected chi connectivity index (χ2v) is 8.31. The third-order valence-corrected chi connectivity index (χ3v) is 6.37. The Hall–Kier alpha value is -1.76. The van der Waals surface area contributed by atoms with Gasteiger partial charge in [0.05, 0.1) is 6.04 Å². The summed E-state index contributed by atoms with van der Waals surface area (Å²) in [6.07, 6.45) is 3.70. The molecular formula is C20H26N4O2. The van der Waals surface area contributed by atoms with Crippen LogP contribution >= 0.6 is 0 Å². The Bertz CT molecular complexity index is 737. The Morgan fingerprint density at radius 2 is 1.77 bits per heavy atom. The third kappa shape index (κ3) is 3.06. The molecule has 6 nitrogen and oxygen atoms in total. The van der Waals surface area contributed by atoms with Crippen LogP contribution in [0.2, 0.25) is 0 Å². The molecule has 0 spiro atoms. The first-order chi connectivity index (χ1) is 12.6. The SMILES string of the molecule is O=C1CCC(N2Cc3ccc(CN4CC5CCC(C4)N5)cc3C2)C(=O)N1. The van der Waals surface area contributed by atoms with E-state index in [2.05, 4.69) is 38.6 Å². The molecule has 3 saturated heterocycles. The third-order valence-electron chi connectivity index (χ3n) is 6.37. The van der Waals surface area contributed by atoms with Crippen LogP contribution in [-0.4, -0.2) is 52.8 Å². The van der Waals surface area contributed by atoms with Crippen molar-refractivity contribution in [1.82, 2.24) is 20.4 Å². The molecule has 3 atom stereocenters. The number of amides is 2. The van der Waals surface area contributed by atoms with E-state index >= 15 is 0 Å². The maximum Gasteiger partial charge on any atom is 0.243 e. The van der Waals surface area contributed by atoms with Gasteiger partial charge in [0.2, 0.25) is 11.8 Å². The van der Waals surface area contributed by atoms with E-state index in [1.165, 1.54) is 29.5 Å². The van der Waals surface area contributed by atoms with Gasteiger partial charge in [-0.25, -0.2) is 0 Å². The lowest BCUT2D eigenvalue weighted by atomic mass is 10.0. The number of carbonyl (C=O) groups excluding carboxylic acids is 2. The molecule has 2 bridgehead atoms. The van der Waals surface area contributed by atoms with Gasteiger partial charge in [-0.1, -0.05) is 18.2 Å². The van der Waals surface area contributed by atoms with Crippen LogP contribution in [0, 0.1) is 0 Å². The largest absolute Gasteiger partial charge is 0.309 e. The van der Waals surface area contributed by atoms with E-state index in [0.717, 1.165) is 32.7 Å². The van der Waals surface area contributed by atoms with E-state index in [-0.39, 0.29) is 17.9 Å². The lowest BCUT2D eigenvalue weighted by Gasteiger charge is -2.32. The maximum absolute atomic E-state index is 12.2. The Morgan fingerprint density at radius 1 is 1.00 bits per heavy atom. The fourth-order valence-corrected chi connectivity index (χ4v) is 5.10. The number of piperidine rings is 1. The zero-order chi connectivity index (χ0) is 17.7. The topological polar surface area (TPSA) is 64.7 Å². The summed E-state index contributed by atoms with van der Waals surface area (Å²) >= 11 is 0. The monoisotopic (exact) mass is 354 g/mol. The highest BCUT2D eigenvalue weighted by Gasteiger charge is 2.35. The molecule has 0 radical (unpaired) electrons. The molecular weight excluding hydrogens is 328 g/mol. The van der Waals surface area contributed by atoms with Crippen molar-refractivity contribution in [2.75, 3.05) is 13.1 Å². The number of hydrogen-bond acceptors (Lipinski definition) is 5. The molecule has 6 heteroatoms. The number of benzene rings is 1. The molecule has 4 aliphatic rings. The number of carbonyl (C=O) groups is 2. The quantitative estimate of drug-likeness (QED) is 0.784. The predicted octanol–water partition coefficient (Wildman–Crippen LogP) is 0.744. The highest BCUT2D eigenvalue weighted by atomic mass is 16.2. The van der Waals surface area contributed by atoms with Gasteiger partial charge in [-0.15, -0.1) is 0 Å². The van der Waals surface area contributed by atoms with Crippen LogP contribution < -0.4 is 10.6 Å². The smallest absolute Gasteiger partial charge is 0.243 e. The van der Waals surface area contributed by atoms with Gasteiger partial charge in [-0.3, -0.25) is 24.7 Å². The Morgan fingerprint density at radius 3 is 2.54 bits per heavy atom. The van der Waals surface area contributed by atoms with Crippen LogP contribution in [0.3, 0.4) is 0 Å². The average molecular weight is 354 g/mol. The molecule has 0 aliphatic carbocycles. The molecule has 0 saturated carbocycles. The van der Waals surface area contributed by atoms with Crippen LogP contribution in [0.25, 0.3) is 0 Å². The van der Waals surface area contributed by atoms with Gasteiger partial charge in [-0.2, -0.15) is 0 Å². The van der Waals surface area contributed by atoms with Crippen LogP contribution in [0.4, 0.5) is 0 Å². The van der Waals surface area contributed by atoms with Crippen molar-refractivity contribution in [1.29, 1.82) is 0 Å². The van der Waals surface area contributed by atoms with Crippen LogP contribution in [0.15, 0.2) is 18.2 Å². The molecule has 0 aromatic heterocycles. The number of nitrogens with zero attached hydrogens (tertiary/aromatic N) is 2. The highest BCUT2D eigenvalue weighted by Crippen LogP contribution is 2.29. The average Bonchev–Trinajstić information content (AvgIpc) is 3.17. The Labute approximate surface area is 153 Å². The second kappa shape index (κ2) is 6.44. The van der Waals surface area contributed by atoms with Crippen molar-refractivity contribution < 1.29 is 9.59 Å². The standard InChI is InChI=1S/C20H26N4O2/c25-19-6-5-18(20(26)22-19)24-9-14-2-1-13(7-15(14)10-24)8-23-11-16-3-4-17(12-23)21-16/h1-2,7,16-18,21H,3-6,8-12H2,(H,22,25,26). The van der Waals surface area contributed by atoms with Gasteiger partial charge in [0.15, 0.2) is 0 Å². The summed E-state index contributed by atoms with van der Waals surface area (Å²) in [5.74, 6) is -0.277. The first-order valence-electron chi connectivity index (χ1n) is 9.81. The molecule has 138 valence electrons. The van der Waals surface area contributed by atoms with E-state index in [1.54, 1.807) is 0 Å². The fraction of sp³-hybridized carbons (Fsp3) is 0.600. The zero-order valence-electron chi connectivity index (χ0n) is 15.0. The van der Waals surface area contributed by atoms with E-state index < -0.39 is 0 Å². The van der Waals surface area contributed by atoms with Gasteiger partial charge in [-0.05, 0) is 36.0 Å². The summed E-state index contributed by atoms with van der Waals surface area (Å²) in [7, 11) is 0. The van der Waals surface area contributed by atoms with Crippen molar-refractivity contribution in [2.45, 2.75) is 63.4 Å². The van der Waals surface area contributed by atoms with E-state index in [1.807, 2.05) is 0 Å². The van der Waals surface area contributed by atoms with Crippen molar-refractivity contribution >= 4 is 11.8 Å². The highest BCUT2D eigenvalue weighted by molar-refractivity contribution is 6.00. The van der Waals surface area contributed by atoms with Gasteiger partial charge in [0.1, 0.15) is 0 Å². The number of piperazine rings is 1. The van der Waals surface area contributed by atoms with Crippen molar-refractivity contribution in [2.24, 2.45) is 0 Å². The lowest BCUT2D eigenvalue weighted by Crippen LogP contribution is -2.50. The number of hydrogen-bond donors (Lipinski definition) is 2. The molecule has 4 aliphatic heterocycles. The van der Waals surface area contributed by atoms with Gasteiger partial charge in [0.25, 0.3) is 0 Å². The van der Waals surface area contributed by atoms with Gasteiger partial charge >= 0.3 is 0 Å². The molecule has 5 rings (SSSR count). The number of imide groups is 1. The Kier molecular flexibility index (Phi) is 4.07. The molecule has 2 amide bonds. The predicted molar refractivity (Wildman–Crippen MR) is 97.1 cm³/mol. The van der Waals surface area contributed by atoms with Crippen molar-refractivity contribution in [3.05, 3.63) is 34.9 Å². The number of likely N-dealkylation sites (tertiary alicyclic amines) is 1. The molecule has 4 heterocycles. The second-order valence-electron chi connectivity index (χ2n) is 8.31. The molecule has 3 unspecified atom stereocenters. The minimum atomic E-state index is -0.174. The fourth-order valence-electron chi connectivity index (χ4n) is 5.10. The number of nitrogens with one attached hydrogen (secondary N) is 2. The summed E-state index contributed by atoms with van der Waals surface area (Å²) in [5.41, 5.74) is 4.03. The van der Waals surface area contributed by atoms with Crippen LogP contribution in [0.1, 0.15) is 42.4 Å². The molecule has 26 heavy (non-hydrogen) atoms. The van der Waals surface area contributed by atoms with Gasteiger partial charge in [0, 0.05) is 51.2 Å². The summed E-state index contributed by atoms with van der Waals surface area (Å²) in [5, 5.41) is 6.17. The molecule has 1 aromatic rings. The number of rotatable bonds is 3. The lowest BCUT2D eigenvalue weighted by molar-refractivity contribution is -0.137. The summed E-state index contributed by atoms with van der Waals surface area (Å²) in [6.45, 7) is 4.92. The van der Waals surface area contributed by atoms with E-state index in [9.17, 15) is 9.59 Å². The first-order valence-corrected chi connectivity index (χ1v) is 9.81. The van der Waals surface area contributed by atoms with Crippen LogP contribution in [0.5, 0.6) is 0 Å². The first kappa shape index (κ1) is 16.4. The van der Waals surface area contributed by atoms with E-state index in [4.69, 9.17) is 0 Å². The summed E-state index contributed by atoms with van der Waals surface area (Å²) < 4.78 is 0. The minimum absolute atomic E-state index is 0.134. The summed E-state index contributed by atoms with van der Waals surface area (Å²) in [4.78, 5) is 28.3. The van der Waals surface area contributed by atoms with Crippen LogP contribution in [-0.2, 0) is 29.2 Å². The van der Waals surface area contributed by atoms with Crippen molar-refractivity contribution in [3.63, 3.8) is 0 Å². The van der Waals surface area contributed by atoms with Gasteiger partial charge < -0.3 is 5.32 Å². The summed E-state index contributed by atoms with van der Waals surface area (Å²) in [6, 6.07) is 7.97. The Balaban J connectivity index is 1.25. The normalized spacial score (nSPS) is 31.9. The van der Waals surface area contributed by atoms with Crippen molar-refractivity contribution in [3.8, 4) is 0 Å². The molecule has 3 fully saturated rings. The minimum Gasteiger partial charge on any atom is -0.309 e. The molecule has 1 aromatic carbocycles.